The lowest BCUT2D eigenvalue weighted by Gasteiger charge is -2.38. The zero-order chi connectivity index (χ0) is 38.4. The Hall–Kier alpha value is -5.18. The largest absolute Gasteiger partial charge is 0.465 e. The van der Waals surface area contributed by atoms with Crippen LogP contribution < -0.4 is 4.90 Å². The molecule has 0 N–H and O–H groups in total. The molecule has 9 nitrogen and oxygen atoms in total. The van der Waals surface area contributed by atoms with E-state index < -0.39 is 53.3 Å². The zero-order valence-corrected chi connectivity index (χ0v) is 29.4. The molecule has 53 heavy (non-hydrogen) atoms. The maximum atomic E-state index is 13.7. The van der Waals surface area contributed by atoms with E-state index in [0.717, 1.165) is 27.8 Å². The van der Waals surface area contributed by atoms with Gasteiger partial charge in [-0.3, -0.25) is 4.90 Å². The number of aryl methyl sites for hydroxylation is 2. The molecule has 0 aliphatic carbocycles. The van der Waals surface area contributed by atoms with Gasteiger partial charge in [0.1, 0.15) is 6.10 Å². The zero-order valence-electron chi connectivity index (χ0n) is 29.4. The van der Waals surface area contributed by atoms with Gasteiger partial charge in [-0.15, -0.1) is 0 Å². The van der Waals surface area contributed by atoms with Crippen molar-refractivity contribution in [2.24, 2.45) is 0 Å². The van der Waals surface area contributed by atoms with Crippen molar-refractivity contribution in [3.05, 3.63) is 99.9 Å². The minimum atomic E-state index is -5.07. The summed E-state index contributed by atoms with van der Waals surface area (Å²) in [5.74, 6) is -0.0988. The van der Waals surface area contributed by atoms with Gasteiger partial charge in [0.25, 0.3) is 0 Å². The molecule has 0 radical (unpaired) electrons. The van der Waals surface area contributed by atoms with Gasteiger partial charge in [0.2, 0.25) is 5.95 Å². The molecule has 280 valence electrons. The number of anilines is 1. The van der Waals surface area contributed by atoms with E-state index >= 15 is 0 Å². The molecule has 3 heterocycles. The van der Waals surface area contributed by atoms with Gasteiger partial charge in [0, 0.05) is 32.0 Å². The first-order valence-electron chi connectivity index (χ1n) is 16.7. The monoisotopic (exact) mass is 742 g/mol. The van der Waals surface area contributed by atoms with Gasteiger partial charge < -0.3 is 19.1 Å². The number of amides is 1. The molecule has 3 aromatic carbocycles. The molecule has 2 fully saturated rings. The van der Waals surface area contributed by atoms with E-state index in [2.05, 4.69) is 4.98 Å². The maximum absolute atomic E-state index is 13.7. The topological polar surface area (TPSA) is 94.1 Å². The molecule has 1 aromatic heterocycles. The second-order valence-corrected chi connectivity index (χ2v) is 13.1. The van der Waals surface area contributed by atoms with Crippen molar-refractivity contribution in [1.82, 2.24) is 14.9 Å². The highest BCUT2D eigenvalue weighted by molar-refractivity contribution is 5.91. The van der Waals surface area contributed by atoms with Crippen LogP contribution in [0.15, 0.2) is 60.8 Å². The van der Waals surface area contributed by atoms with Gasteiger partial charge in [0.05, 0.1) is 48.2 Å². The van der Waals surface area contributed by atoms with Crippen LogP contribution in [0, 0.1) is 6.92 Å². The summed E-state index contributed by atoms with van der Waals surface area (Å²) in [4.78, 5) is 38.2. The number of halogens is 6. The highest BCUT2D eigenvalue weighted by atomic mass is 19.4. The van der Waals surface area contributed by atoms with Crippen molar-refractivity contribution >= 4 is 18.0 Å². The number of rotatable bonds is 9. The Morgan fingerprint density at radius 2 is 1.60 bits per heavy atom. The fraction of sp³-hybridized carbons (Fsp3) is 0.368. The molecule has 2 aliphatic rings. The lowest BCUT2D eigenvalue weighted by molar-refractivity contribution is -0.143. The summed E-state index contributed by atoms with van der Waals surface area (Å²) in [6, 6.07) is 11.3. The maximum Gasteiger partial charge on any atom is 0.416 e. The first kappa shape index (κ1) is 37.6. The van der Waals surface area contributed by atoms with E-state index in [1.54, 1.807) is 25.4 Å². The second-order valence-electron chi connectivity index (χ2n) is 13.1. The van der Waals surface area contributed by atoms with Gasteiger partial charge in [0.15, 0.2) is 0 Å². The predicted molar refractivity (Wildman–Crippen MR) is 182 cm³/mol. The molecular formula is C38H36F6N4O5. The van der Waals surface area contributed by atoms with Crippen LogP contribution in [-0.4, -0.2) is 66.4 Å². The van der Waals surface area contributed by atoms with Gasteiger partial charge >= 0.3 is 24.4 Å². The molecule has 0 spiro atoms. The number of ether oxygens (including phenoxy) is 3. The summed E-state index contributed by atoms with van der Waals surface area (Å²) in [5.41, 5.74) is 2.11. The molecule has 2 atom stereocenters. The number of alkyl halides is 6. The predicted octanol–water partition coefficient (Wildman–Crippen LogP) is 8.42. The fourth-order valence-corrected chi connectivity index (χ4v) is 6.65. The van der Waals surface area contributed by atoms with E-state index in [1.165, 1.54) is 18.9 Å². The summed E-state index contributed by atoms with van der Waals surface area (Å²) >= 11 is 0. The summed E-state index contributed by atoms with van der Waals surface area (Å²) in [7, 11) is 2.90. The van der Waals surface area contributed by atoms with Crippen molar-refractivity contribution in [1.29, 1.82) is 0 Å². The normalized spacial score (nSPS) is 17.9. The number of benzene rings is 3. The third-order valence-electron chi connectivity index (χ3n) is 9.71. The average Bonchev–Trinajstić information content (AvgIpc) is 3.38. The molecule has 0 saturated carbocycles. The van der Waals surface area contributed by atoms with Crippen LogP contribution in [-0.2, 0) is 39.5 Å². The van der Waals surface area contributed by atoms with Crippen LogP contribution in [0.4, 0.5) is 37.1 Å². The lowest BCUT2D eigenvalue weighted by atomic mass is 9.91. The number of esters is 1. The molecule has 1 amide bonds. The van der Waals surface area contributed by atoms with Crippen LogP contribution in [0.1, 0.15) is 63.8 Å². The van der Waals surface area contributed by atoms with Gasteiger partial charge in [-0.25, -0.2) is 19.6 Å². The van der Waals surface area contributed by atoms with Crippen LogP contribution in [0.5, 0.6) is 0 Å². The number of carbonyl (C=O) groups is 2. The number of carbonyl (C=O) groups excluding carboxylic acids is 2. The number of hydrogen-bond acceptors (Lipinski definition) is 8. The Balaban J connectivity index is 1.41. The van der Waals surface area contributed by atoms with E-state index in [-0.39, 0.29) is 18.7 Å². The van der Waals surface area contributed by atoms with Gasteiger partial charge in [-0.1, -0.05) is 25.1 Å². The Bertz CT molecular complexity index is 2010. The second kappa shape index (κ2) is 14.3. The molecular weight excluding hydrogens is 706 g/mol. The first-order chi connectivity index (χ1) is 25.0. The van der Waals surface area contributed by atoms with Crippen molar-refractivity contribution in [3.8, 4) is 22.3 Å². The Kier molecular flexibility index (Phi) is 10.2. The van der Waals surface area contributed by atoms with E-state index in [0.29, 0.717) is 54.4 Å². The van der Waals surface area contributed by atoms with Crippen molar-refractivity contribution in [2.45, 2.75) is 64.3 Å². The van der Waals surface area contributed by atoms with Crippen LogP contribution in [0.2, 0.25) is 0 Å². The third kappa shape index (κ3) is 7.52. The third-order valence-corrected chi connectivity index (χ3v) is 9.71. The Labute approximate surface area is 301 Å². The highest BCUT2D eigenvalue weighted by Gasteiger charge is 2.44. The number of methoxy groups -OCH3 is 2. The number of aromatic nitrogens is 2. The minimum absolute atomic E-state index is 0.0256. The molecule has 0 unspecified atom stereocenters. The smallest absolute Gasteiger partial charge is 0.416 e. The first-order valence-corrected chi connectivity index (χ1v) is 16.7. The van der Waals surface area contributed by atoms with Crippen LogP contribution in [0.25, 0.3) is 22.3 Å². The lowest BCUT2D eigenvalue weighted by Crippen LogP contribution is -2.52. The Morgan fingerprint density at radius 1 is 0.925 bits per heavy atom. The summed E-state index contributed by atoms with van der Waals surface area (Å²) < 4.78 is 98.0. The van der Waals surface area contributed by atoms with E-state index in [4.69, 9.17) is 19.2 Å². The van der Waals surface area contributed by atoms with Gasteiger partial charge in [-0.2, -0.15) is 26.3 Å². The molecule has 4 aromatic rings. The molecule has 15 heteroatoms. The highest BCUT2D eigenvalue weighted by Crippen LogP contribution is 2.42. The summed E-state index contributed by atoms with van der Waals surface area (Å²) in [6.45, 7) is 6.21. The van der Waals surface area contributed by atoms with Crippen LogP contribution >= 0.6 is 0 Å². The Morgan fingerprint density at radius 3 is 2.19 bits per heavy atom. The van der Waals surface area contributed by atoms with E-state index in [1.807, 2.05) is 43.0 Å². The number of nitrogens with zero attached hydrogens (tertiary/aromatic N) is 4. The molecule has 2 saturated heterocycles. The van der Waals surface area contributed by atoms with E-state index in [9.17, 15) is 35.9 Å². The minimum Gasteiger partial charge on any atom is -0.465 e. The van der Waals surface area contributed by atoms with Crippen molar-refractivity contribution in [3.63, 3.8) is 0 Å². The SMILES string of the molecule is CCc1ccc(-c2ccc(C(=O)OC)cc2C)cc1-c1cnc(N2CC(OC)C2)nc1CN1C(=O)O[C@H](c2cc(C(F)(F)F)cc(C(F)(F)F)c2)[C@@H]1C. The average molecular weight is 743 g/mol. The van der Waals surface area contributed by atoms with Crippen molar-refractivity contribution in [2.75, 3.05) is 32.2 Å². The van der Waals surface area contributed by atoms with Crippen LogP contribution in [0.3, 0.4) is 0 Å². The van der Waals surface area contributed by atoms with Crippen molar-refractivity contribution < 1.29 is 50.1 Å². The summed E-state index contributed by atoms with van der Waals surface area (Å²) in [6.07, 6.45) is -10.3. The quantitative estimate of drug-likeness (QED) is 0.125. The molecule has 6 rings (SSSR count). The molecule has 2 aliphatic heterocycles. The summed E-state index contributed by atoms with van der Waals surface area (Å²) in [5, 5.41) is 0. The number of hydrogen-bond donors (Lipinski definition) is 0. The molecule has 0 bridgehead atoms. The fourth-order valence-electron chi connectivity index (χ4n) is 6.65. The van der Waals surface area contributed by atoms with Gasteiger partial charge in [-0.05, 0) is 90.0 Å². The number of cyclic esters (lactones) is 1. The standard InChI is InChI=1S/C38H36F6N4O5/c1-6-22-7-8-23(29-10-9-24(11-20(29)2)34(49)52-5)14-30(22)31-16-45-35(47-17-28(18-47)51-4)46-32(31)19-48-21(3)33(53-36(48)50)25-12-26(37(39,40)41)15-27(13-25)38(42,43)44/h7-16,21,28,33H,6,17-19H2,1-5H3/t21-,33-/m0/s1.